The van der Waals surface area contributed by atoms with Crippen molar-refractivity contribution in [3.05, 3.63) is 29.8 Å². The Kier molecular flexibility index (Phi) is 6.33. The fourth-order valence-corrected chi connectivity index (χ4v) is 3.80. The molecule has 0 unspecified atom stereocenters. The molecule has 1 aliphatic rings. The predicted molar refractivity (Wildman–Crippen MR) is 92.5 cm³/mol. The highest BCUT2D eigenvalue weighted by molar-refractivity contribution is 7.89. The zero-order chi connectivity index (χ0) is 17.6. The molecular weight excluding hydrogens is 330 g/mol. The van der Waals surface area contributed by atoms with Gasteiger partial charge < -0.3 is 4.74 Å². The van der Waals surface area contributed by atoms with E-state index >= 15 is 0 Å². The number of piperidine rings is 1. The largest absolute Gasteiger partial charge is 0.496 e. The third-order valence-corrected chi connectivity index (χ3v) is 5.88. The van der Waals surface area contributed by atoms with E-state index in [-0.39, 0.29) is 24.1 Å². The van der Waals surface area contributed by atoms with Crippen LogP contribution in [0.5, 0.6) is 5.75 Å². The molecule has 132 valence electrons. The number of benzene rings is 1. The van der Waals surface area contributed by atoms with Gasteiger partial charge in [-0.25, -0.2) is 18.1 Å². The van der Waals surface area contributed by atoms with Crippen LogP contribution in [-0.4, -0.2) is 50.8 Å². The number of nitrogens with one attached hydrogen (secondary N) is 1. The van der Waals surface area contributed by atoms with Crippen LogP contribution in [0.25, 0.3) is 0 Å². The first-order valence-corrected chi connectivity index (χ1v) is 9.52. The number of para-hydroxylation sites is 1. The van der Waals surface area contributed by atoms with Crippen LogP contribution in [0.15, 0.2) is 29.4 Å². The van der Waals surface area contributed by atoms with Gasteiger partial charge in [0.15, 0.2) is 0 Å². The number of carbonyl (C=O) groups excluding carboxylic acids is 1. The Morgan fingerprint density at radius 1 is 1.46 bits per heavy atom. The van der Waals surface area contributed by atoms with E-state index in [0.29, 0.717) is 25.1 Å². The van der Waals surface area contributed by atoms with Crippen LogP contribution in [0.2, 0.25) is 0 Å². The topological polar surface area (TPSA) is 88.1 Å². The van der Waals surface area contributed by atoms with Gasteiger partial charge in [0.25, 0.3) is 0 Å². The lowest BCUT2D eigenvalue weighted by molar-refractivity contribution is -0.126. The number of hydrogen-bond donors (Lipinski definition) is 1. The second-order valence-electron chi connectivity index (χ2n) is 5.57. The Morgan fingerprint density at radius 2 is 2.21 bits per heavy atom. The van der Waals surface area contributed by atoms with Crippen molar-refractivity contribution in [3.8, 4) is 5.75 Å². The maximum atomic E-state index is 12.2. The molecule has 24 heavy (non-hydrogen) atoms. The van der Waals surface area contributed by atoms with Crippen molar-refractivity contribution in [1.82, 2.24) is 9.73 Å². The van der Waals surface area contributed by atoms with Crippen LogP contribution >= 0.6 is 0 Å². The molecule has 1 heterocycles. The van der Waals surface area contributed by atoms with Crippen LogP contribution < -0.4 is 10.2 Å². The minimum atomic E-state index is -3.26. The Hall–Kier alpha value is -1.93. The highest BCUT2D eigenvalue weighted by atomic mass is 32.2. The van der Waals surface area contributed by atoms with E-state index in [9.17, 15) is 13.2 Å². The first-order chi connectivity index (χ1) is 11.5. The van der Waals surface area contributed by atoms with Crippen LogP contribution in [0.4, 0.5) is 0 Å². The molecule has 0 bridgehead atoms. The Bertz CT molecular complexity index is 703. The zero-order valence-electron chi connectivity index (χ0n) is 13.9. The van der Waals surface area contributed by atoms with Crippen molar-refractivity contribution < 1.29 is 17.9 Å². The molecule has 0 radical (unpaired) electrons. The number of nitrogens with zero attached hydrogens (tertiary/aromatic N) is 2. The molecule has 1 saturated heterocycles. The van der Waals surface area contributed by atoms with E-state index in [1.54, 1.807) is 20.1 Å². The quantitative estimate of drug-likeness (QED) is 0.615. The number of hydrogen-bond acceptors (Lipinski definition) is 5. The normalized spacial score (nSPS) is 19.3. The van der Waals surface area contributed by atoms with E-state index in [4.69, 9.17) is 4.74 Å². The molecule has 1 N–H and O–H groups in total. The summed E-state index contributed by atoms with van der Waals surface area (Å²) in [6.07, 6.45) is 2.85. The van der Waals surface area contributed by atoms with Gasteiger partial charge in [0.1, 0.15) is 5.75 Å². The molecule has 1 aromatic rings. The SMILES string of the molecule is CCS(=O)(=O)N1CCC[C@H](C(=O)N/N=C\c2ccccc2OC)C1. The average Bonchev–Trinajstić information content (AvgIpc) is 2.62. The summed E-state index contributed by atoms with van der Waals surface area (Å²) in [4.78, 5) is 12.2. The van der Waals surface area contributed by atoms with Gasteiger partial charge in [0.2, 0.25) is 15.9 Å². The number of rotatable bonds is 6. The molecule has 0 spiro atoms. The summed E-state index contributed by atoms with van der Waals surface area (Å²) in [5, 5.41) is 3.96. The van der Waals surface area contributed by atoms with E-state index < -0.39 is 10.0 Å². The Morgan fingerprint density at radius 3 is 2.92 bits per heavy atom. The van der Waals surface area contributed by atoms with E-state index in [1.807, 2.05) is 18.2 Å². The van der Waals surface area contributed by atoms with E-state index in [2.05, 4.69) is 10.5 Å². The molecule has 1 aromatic carbocycles. The van der Waals surface area contributed by atoms with E-state index in [0.717, 1.165) is 5.56 Å². The molecule has 0 aliphatic carbocycles. The fraction of sp³-hybridized carbons (Fsp3) is 0.500. The smallest absolute Gasteiger partial charge is 0.244 e. The summed E-state index contributed by atoms with van der Waals surface area (Å²) in [7, 11) is -1.70. The van der Waals surface area contributed by atoms with Gasteiger partial charge in [0, 0.05) is 18.7 Å². The van der Waals surface area contributed by atoms with Gasteiger partial charge in [-0.2, -0.15) is 5.10 Å². The third-order valence-electron chi connectivity index (χ3n) is 4.03. The van der Waals surface area contributed by atoms with Crippen molar-refractivity contribution in [2.75, 3.05) is 26.0 Å². The summed E-state index contributed by atoms with van der Waals surface area (Å²) in [6, 6.07) is 7.32. The lowest BCUT2D eigenvalue weighted by atomic mass is 9.99. The molecular formula is C16H23N3O4S. The van der Waals surface area contributed by atoms with Crippen molar-refractivity contribution in [3.63, 3.8) is 0 Å². The maximum absolute atomic E-state index is 12.2. The highest BCUT2D eigenvalue weighted by Crippen LogP contribution is 2.20. The predicted octanol–water partition coefficient (Wildman–Crippen LogP) is 1.21. The second kappa shape index (κ2) is 8.25. The molecule has 7 nitrogen and oxygen atoms in total. The van der Waals surface area contributed by atoms with Crippen LogP contribution in [0.3, 0.4) is 0 Å². The summed E-state index contributed by atoms with van der Waals surface area (Å²) in [5.41, 5.74) is 3.24. The van der Waals surface area contributed by atoms with Gasteiger partial charge in [-0.15, -0.1) is 0 Å². The molecule has 1 amide bonds. The van der Waals surface area contributed by atoms with Crippen LogP contribution in [0.1, 0.15) is 25.3 Å². The number of carbonyl (C=O) groups is 1. The van der Waals surface area contributed by atoms with Crippen molar-refractivity contribution in [2.45, 2.75) is 19.8 Å². The fourth-order valence-electron chi connectivity index (χ4n) is 2.62. The molecule has 2 rings (SSSR count). The van der Waals surface area contributed by atoms with Gasteiger partial charge in [-0.05, 0) is 31.9 Å². The Labute approximate surface area is 142 Å². The number of ether oxygens (including phenoxy) is 1. The molecule has 1 fully saturated rings. The maximum Gasteiger partial charge on any atom is 0.244 e. The lowest BCUT2D eigenvalue weighted by Gasteiger charge is -2.30. The first-order valence-electron chi connectivity index (χ1n) is 7.91. The standard InChI is InChI=1S/C16H23N3O4S/c1-3-24(21,22)19-10-6-8-14(12-19)16(20)18-17-11-13-7-4-5-9-15(13)23-2/h4-5,7,9,11,14H,3,6,8,10,12H2,1-2H3,(H,18,20)/b17-11-/t14-/m0/s1. The van der Waals surface area contributed by atoms with Gasteiger partial charge >= 0.3 is 0 Å². The molecule has 8 heteroatoms. The first kappa shape index (κ1) is 18.4. The van der Waals surface area contributed by atoms with Crippen LogP contribution in [-0.2, 0) is 14.8 Å². The second-order valence-corrected chi connectivity index (χ2v) is 7.83. The lowest BCUT2D eigenvalue weighted by Crippen LogP contribution is -2.45. The third kappa shape index (κ3) is 4.55. The van der Waals surface area contributed by atoms with Gasteiger partial charge in [-0.3, -0.25) is 4.79 Å². The zero-order valence-corrected chi connectivity index (χ0v) is 14.8. The summed E-state index contributed by atoms with van der Waals surface area (Å²) in [6.45, 7) is 2.30. The molecule has 1 atom stereocenters. The summed E-state index contributed by atoms with van der Waals surface area (Å²) < 4.78 is 30.5. The number of methoxy groups -OCH3 is 1. The number of hydrazone groups is 1. The molecule has 1 aliphatic heterocycles. The van der Waals surface area contributed by atoms with Crippen molar-refractivity contribution >= 4 is 22.1 Å². The number of sulfonamides is 1. The van der Waals surface area contributed by atoms with E-state index in [1.165, 1.54) is 10.5 Å². The number of amides is 1. The van der Waals surface area contributed by atoms with Gasteiger partial charge in [-0.1, -0.05) is 12.1 Å². The molecule has 0 saturated carbocycles. The van der Waals surface area contributed by atoms with Crippen LogP contribution in [0, 0.1) is 5.92 Å². The summed E-state index contributed by atoms with van der Waals surface area (Å²) in [5.74, 6) is 0.0632. The van der Waals surface area contributed by atoms with Gasteiger partial charge in [0.05, 0.1) is 25.0 Å². The Balaban J connectivity index is 1.96. The monoisotopic (exact) mass is 353 g/mol. The minimum absolute atomic E-state index is 0.0489. The average molecular weight is 353 g/mol. The van der Waals surface area contributed by atoms with Crippen molar-refractivity contribution in [2.24, 2.45) is 11.0 Å². The van der Waals surface area contributed by atoms with Crippen molar-refractivity contribution in [1.29, 1.82) is 0 Å². The summed E-state index contributed by atoms with van der Waals surface area (Å²) >= 11 is 0. The highest BCUT2D eigenvalue weighted by Gasteiger charge is 2.31. The molecule has 0 aromatic heterocycles. The minimum Gasteiger partial charge on any atom is -0.496 e.